The molecule has 0 heterocycles. The van der Waals surface area contributed by atoms with E-state index in [2.05, 4.69) is 5.92 Å². The minimum atomic E-state index is -3.48. The number of hydrogen-bond acceptors (Lipinski definition) is 4. The SMILES string of the molecule is C#CCN(CC(=O)O)C(=O)CS(C)(=O)=O. The Morgan fingerprint density at radius 1 is 1.47 bits per heavy atom. The fourth-order valence-electron chi connectivity index (χ4n) is 0.821. The van der Waals surface area contributed by atoms with E-state index in [1.165, 1.54) is 0 Å². The second-order valence-electron chi connectivity index (χ2n) is 2.92. The number of terminal acetylenes is 1. The van der Waals surface area contributed by atoms with Gasteiger partial charge < -0.3 is 10.0 Å². The second-order valence-corrected chi connectivity index (χ2v) is 5.06. The number of carboxylic acid groups (broad SMARTS) is 1. The highest BCUT2D eigenvalue weighted by Gasteiger charge is 2.19. The molecule has 0 aliphatic heterocycles. The van der Waals surface area contributed by atoms with Crippen molar-refractivity contribution in [1.29, 1.82) is 0 Å². The van der Waals surface area contributed by atoms with Gasteiger partial charge in [0.15, 0.2) is 9.84 Å². The van der Waals surface area contributed by atoms with Gasteiger partial charge in [0.25, 0.3) is 0 Å². The summed E-state index contributed by atoms with van der Waals surface area (Å²) >= 11 is 0. The highest BCUT2D eigenvalue weighted by atomic mass is 32.2. The van der Waals surface area contributed by atoms with Crippen LogP contribution in [0.15, 0.2) is 0 Å². The molecule has 7 heteroatoms. The first-order chi connectivity index (χ1) is 6.76. The summed E-state index contributed by atoms with van der Waals surface area (Å²) in [7, 11) is -3.48. The van der Waals surface area contributed by atoms with E-state index in [4.69, 9.17) is 11.5 Å². The molecular weight excluding hydrogens is 222 g/mol. The quantitative estimate of drug-likeness (QED) is 0.588. The van der Waals surface area contributed by atoms with Gasteiger partial charge >= 0.3 is 5.97 Å². The predicted molar refractivity (Wildman–Crippen MR) is 52.8 cm³/mol. The fraction of sp³-hybridized carbons (Fsp3) is 0.500. The predicted octanol–water partition coefficient (Wildman–Crippen LogP) is -1.42. The van der Waals surface area contributed by atoms with Gasteiger partial charge in [-0.2, -0.15) is 0 Å². The van der Waals surface area contributed by atoms with Crippen molar-refractivity contribution in [3.05, 3.63) is 0 Å². The molecule has 0 unspecified atom stereocenters. The second kappa shape index (κ2) is 5.36. The largest absolute Gasteiger partial charge is 0.480 e. The van der Waals surface area contributed by atoms with Gasteiger partial charge in [0, 0.05) is 6.26 Å². The molecule has 0 aliphatic rings. The Balaban J connectivity index is 4.57. The van der Waals surface area contributed by atoms with Crippen LogP contribution in [0.4, 0.5) is 0 Å². The molecule has 0 aromatic rings. The van der Waals surface area contributed by atoms with E-state index in [0.29, 0.717) is 0 Å². The molecule has 84 valence electrons. The number of amides is 1. The van der Waals surface area contributed by atoms with Crippen molar-refractivity contribution in [1.82, 2.24) is 4.90 Å². The number of aliphatic carboxylic acids is 1. The normalized spacial score (nSPS) is 10.4. The molecular formula is C8H11NO5S. The Morgan fingerprint density at radius 3 is 2.33 bits per heavy atom. The van der Waals surface area contributed by atoms with E-state index in [0.717, 1.165) is 11.2 Å². The lowest BCUT2D eigenvalue weighted by Gasteiger charge is -2.16. The molecule has 0 bridgehead atoms. The zero-order chi connectivity index (χ0) is 12.1. The first-order valence-corrected chi connectivity index (χ1v) is 5.93. The molecule has 0 saturated carbocycles. The number of carbonyl (C=O) groups excluding carboxylic acids is 1. The first kappa shape index (κ1) is 13.4. The summed E-state index contributed by atoms with van der Waals surface area (Å²) in [5, 5.41) is 8.45. The van der Waals surface area contributed by atoms with Gasteiger partial charge in [0.2, 0.25) is 5.91 Å². The summed E-state index contributed by atoms with van der Waals surface area (Å²) < 4.78 is 21.6. The number of hydrogen-bond donors (Lipinski definition) is 1. The van der Waals surface area contributed by atoms with Crippen molar-refractivity contribution < 1.29 is 23.1 Å². The topological polar surface area (TPSA) is 91.8 Å². The summed E-state index contributed by atoms with van der Waals surface area (Å²) in [5.41, 5.74) is 0. The van der Waals surface area contributed by atoms with Crippen molar-refractivity contribution in [3.63, 3.8) is 0 Å². The minimum absolute atomic E-state index is 0.222. The maximum Gasteiger partial charge on any atom is 0.323 e. The third-order valence-electron chi connectivity index (χ3n) is 1.35. The van der Waals surface area contributed by atoms with Crippen molar-refractivity contribution in [2.75, 3.05) is 25.1 Å². The third kappa shape index (κ3) is 6.51. The standard InChI is InChI=1S/C8H11NO5S/c1-3-4-9(5-8(11)12)7(10)6-15(2,13)14/h1H,4-6H2,2H3,(H,11,12). The van der Waals surface area contributed by atoms with E-state index < -0.39 is 34.0 Å². The number of sulfone groups is 1. The molecule has 0 fully saturated rings. The van der Waals surface area contributed by atoms with Crippen LogP contribution in [-0.2, 0) is 19.4 Å². The maximum absolute atomic E-state index is 11.3. The molecule has 15 heavy (non-hydrogen) atoms. The number of carboxylic acids is 1. The summed E-state index contributed by atoms with van der Waals surface area (Å²) in [5.74, 6) is -0.698. The molecule has 0 radical (unpaired) electrons. The van der Waals surface area contributed by atoms with Crippen LogP contribution >= 0.6 is 0 Å². The molecule has 1 N–H and O–H groups in total. The van der Waals surface area contributed by atoms with Gasteiger partial charge in [-0.1, -0.05) is 5.92 Å². The minimum Gasteiger partial charge on any atom is -0.480 e. The lowest BCUT2D eigenvalue weighted by molar-refractivity contribution is -0.143. The Morgan fingerprint density at radius 2 is 2.00 bits per heavy atom. The van der Waals surface area contributed by atoms with Gasteiger partial charge in [-0.3, -0.25) is 9.59 Å². The average Bonchev–Trinajstić information content (AvgIpc) is 1.99. The molecule has 1 amide bonds. The van der Waals surface area contributed by atoms with Crippen molar-refractivity contribution >= 4 is 21.7 Å². The van der Waals surface area contributed by atoms with Crippen LogP contribution in [0.25, 0.3) is 0 Å². The molecule has 0 saturated heterocycles. The molecule has 0 atom stereocenters. The van der Waals surface area contributed by atoms with Crippen LogP contribution in [0.5, 0.6) is 0 Å². The van der Waals surface area contributed by atoms with Crippen LogP contribution in [0.2, 0.25) is 0 Å². The van der Waals surface area contributed by atoms with Crippen molar-refractivity contribution in [2.24, 2.45) is 0 Å². The Bertz CT molecular complexity index is 392. The summed E-state index contributed by atoms with van der Waals surface area (Å²) in [6, 6.07) is 0. The van der Waals surface area contributed by atoms with Gasteiger partial charge in [0.1, 0.15) is 12.3 Å². The molecule has 0 aromatic heterocycles. The Labute approximate surface area is 87.8 Å². The van der Waals surface area contributed by atoms with E-state index in [1.54, 1.807) is 0 Å². The van der Waals surface area contributed by atoms with Crippen LogP contribution in [0, 0.1) is 12.3 Å². The van der Waals surface area contributed by atoms with Gasteiger partial charge in [-0.05, 0) is 0 Å². The molecule has 0 aromatic carbocycles. The smallest absolute Gasteiger partial charge is 0.323 e. The zero-order valence-corrected chi connectivity index (χ0v) is 8.95. The van der Waals surface area contributed by atoms with Crippen LogP contribution in [0.1, 0.15) is 0 Å². The third-order valence-corrected chi connectivity index (χ3v) is 2.12. The van der Waals surface area contributed by atoms with Crippen molar-refractivity contribution in [3.8, 4) is 12.3 Å². The van der Waals surface area contributed by atoms with E-state index >= 15 is 0 Å². The van der Waals surface area contributed by atoms with Gasteiger partial charge in [0.05, 0.1) is 6.54 Å². The van der Waals surface area contributed by atoms with E-state index in [1.807, 2.05) is 0 Å². The fourth-order valence-corrected chi connectivity index (χ4v) is 1.45. The number of carbonyl (C=O) groups is 2. The summed E-state index contributed by atoms with van der Waals surface area (Å²) in [6.07, 6.45) is 5.81. The van der Waals surface area contributed by atoms with E-state index in [9.17, 15) is 18.0 Å². The molecule has 0 spiro atoms. The van der Waals surface area contributed by atoms with Crippen LogP contribution in [-0.4, -0.2) is 55.4 Å². The Hall–Kier alpha value is -1.55. The number of rotatable bonds is 5. The average molecular weight is 233 g/mol. The molecule has 0 aliphatic carbocycles. The van der Waals surface area contributed by atoms with E-state index in [-0.39, 0.29) is 6.54 Å². The first-order valence-electron chi connectivity index (χ1n) is 3.87. The lowest BCUT2D eigenvalue weighted by Crippen LogP contribution is -2.39. The highest BCUT2D eigenvalue weighted by Crippen LogP contribution is 1.93. The maximum atomic E-state index is 11.3. The highest BCUT2D eigenvalue weighted by molar-refractivity contribution is 7.91. The van der Waals surface area contributed by atoms with Gasteiger partial charge in [-0.25, -0.2) is 8.42 Å². The lowest BCUT2D eigenvalue weighted by atomic mass is 10.4. The van der Waals surface area contributed by atoms with Crippen LogP contribution < -0.4 is 0 Å². The molecule has 6 nitrogen and oxygen atoms in total. The Kier molecular flexibility index (Phi) is 4.81. The van der Waals surface area contributed by atoms with Gasteiger partial charge in [-0.15, -0.1) is 6.42 Å². The molecule has 0 rings (SSSR count). The zero-order valence-electron chi connectivity index (χ0n) is 8.13. The summed E-state index contributed by atoms with van der Waals surface area (Å²) in [6.45, 7) is -0.820. The van der Waals surface area contributed by atoms with Crippen LogP contribution in [0.3, 0.4) is 0 Å². The number of nitrogens with zero attached hydrogens (tertiary/aromatic N) is 1. The monoisotopic (exact) mass is 233 g/mol. The summed E-state index contributed by atoms with van der Waals surface area (Å²) in [4.78, 5) is 22.4. The van der Waals surface area contributed by atoms with Crippen molar-refractivity contribution in [2.45, 2.75) is 0 Å².